The van der Waals surface area contributed by atoms with E-state index in [-0.39, 0.29) is 29.4 Å². The van der Waals surface area contributed by atoms with Gasteiger partial charge >= 0.3 is 11.7 Å². The van der Waals surface area contributed by atoms with Crippen molar-refractivity contribution in [2.24, 2.45) is 5.10 Å². The van der Waals surface area contributed by atoms with E-state index < -0.39 is 16.8 Å². The second kappa shape index (κ2) is 11.1. The predicted octanol–water partition coefficient (Wildman–Crippen LogP) is 3.18. The number of aryl methyl sites for hydroxylation is 1. The summed E-state index contributed by atoms with van der Waals surface area (Å²) in [6, 6.07) is 11.3. The smallest absolute Gasteiger partial charge is 0.343 e. The number of nitro groups is 1. The van der Waals surface area contributed by atoms with Crippen molar-refractivity contribution in [2.45, 2.75) is 27.3 Å². The number of carbonyl (C=O) groups is 2. The molecule has 0 atom stereocenters. The number of amides is 1. The van der Waals surface area contributed by atoms with Crippen molar-refractivity contribution in [3.05, 3.63) is 75.1 Å². The molecule has 0 saturated heterocycles. The van der Waals surface area contributed by atoms with E-state index in [1.807, 2.05) is 0 Å². The fourth-order valence-electron chi connectivity index (χ4n) is 3.35. The van der Waals surface area contributed by atoms with Gasteiger partial charge in [0.05, 0.1) is 30.4 Å². The van der Waals surface area contributed by atoms with Crippen molar-refractivity contribution in [2.75, 3.05) is 14.2 Å². The number of hydrogen-bond acceptors (Lipinski definition) is 9. The van der Waals surface area contributed by atoms with Gasteiger partial charge in [-0.15, -0.1) is 0 Å². The van der Waals surface area contributed by atoms with Crippen molar-refractivity contribution in [3.63, 3.8) is 0 Å². The van der Waals surface area contributed by atoms with Crippen LogP contribution in [0.15, 0.2) is 47.6 Å². The van der Waals surface area contributed by atoms with Gasteiger partial charge in [0.25, 0.3) is 5.91 Å². The van der Waals surface area contributed by atoms with Crippen LogP contribution in [0.2, 0.25) is 0 Å². The summed E-state index contributed by atoms with van der Waals surface area (Å²) in [4.78, 5) is 35.4. The van der Waals surface area contributed by atoms with Crippen LogP contribution in [-0.4, -0.2) is 46.5 Å². The Morgan fingerprint density at radius 2 is 1.72 bits per heavy atom. The molecule has 12 nitrogen and oxygen atoms in total. The maximum Gasteiger partial charge on any atom is 0.343 e. The number of rotatable bonds is 9. The lowest BCUT2D eigenvalue weighted by Gasteiger charge is -2.11. The number of aromatic nitrogens is 2. The first-order valence-electron chi connectivity index (χ1n) is 10.7. The largest absolute Gasteiger partial charge is 0.497 e. The highest BCUT2D eigenvalue weighted by atomic mass is 16.6. The summed E-state index contributed by atoms with van der Waals surface area (Å²) in [6.07, 6.45) is 0. The molecule has 2 aromatic carbocycles. The van der Waals surface area contributed by atoms with E-state index in [0.717, 1.165) is 0 Å². The number of ether oxygens (including phenoxy) is 3. The summed E-state index contributed by atoms with van der Waals surface area (Å²) in [5.74, 6) is 0.0549. The standard InChI is InChI=1S/C24H25N5O7/c1-14(25-26-22(30)13-28-16(3)23(29(32)33)15(2)27-28)18-8-11-20(21(12-18)35-5)36-24(31)17-6-9-19(34-4)10-7-17/h6-12H,13H2,1-5H3,(H,26,30). The van der Waals surface area contributed by atoms with Gasteiger partial charge in [-0.3, -0.25) is 19.6 Å². The van der Waals surface area contributed by atoms with Gasteiger partial charge in [0, 0.05) is 5.56 Å². The molecule has 188 valence electrons. The molecule has 1 aromatic heterocycles. The Kier molecular flexibility index (Phi) is 8.00. The van der Waals surface area contributed by atoms with Gasteiger partial charge < -0.3 is 14.2 Å². The van der Waals surface area contributed by atoms with Gasteiger partial charge in [-0.1, -0.05) is 0 Å². The van der Waals surface area contributed by atoms with Crippen molar-refractivity contribution >= 4 is 23.3 Å². The minimum atomic E-state index is -0.564. The predicted molar refractivity (Wildman–Crippen MR) is 130 cm³/mol. The highest BCUT2D eigenvalue weighted by Crippen LogP contribution is 2.29. The molecule has 0 aliphatic carbocycles. The minimum Gasteiger partial charge on any atom is -0.497 e. The third-order valence-corrected chi connectivity index (χ3v) is 5.28. The molecular weight excluding hydrogens is 470 g/mol. The van der Waals surface area contributed by atoms with Gasteiger partial charge in [0.15, 0.2) is 11.5 Å². The van der Waals surface area contributed by atoms with Crippen LogP contribution in [0.3, 0.4) is 0 Å². The Morgan fingerprint density at radius 1 is 1.06 bits per heavy atom. The summed E-state index contributed by atoms with van der Waals surface area (Å²) < 4.78 is 17.2. The molecular formula is C24H25N5O7. The van der Waals surface area contributed by atoms with E-state index >= 15 is 0 Å². The summed E-state index contributed by atoms with van der Waals surface area (Å²) in [5, 5.41) is 19.3. The lowest BCUT2D eigenvalue weighted by Crippen LogP contribution is -2.25. The number of nitrogens with zero attached hydrogens (tertiary/aromatic N) is 4. The SMILES string of the molecule is COc1ccc(C(=O)Oc2ccc(C(C)=NNC(=O)Cn3nc(C)c([N+](=O)[O-])c3C)cc2OC)cc1. The van der Waals surface area contributed by atoms with Crippen LogP contribution >= 0.6 is 0 Å². The Hall–Kier alpha value is -4.74. The number of hydrogen-bond donors (Lipinski definition) is 1. The van der Waals surface area contributed by atoms with Gasteiger partial charge in [0.2, 0.25) is 0 Å². The van der Waals surface area contributed by atoms with Crippen molar-refractivity contribution in [1.29, 1.82) is 0 Å². The van der Waals surface area contributed by atoms with Crippen LogP contribution in [0.5, 0.6) is 17.2 Å². The van der Waals surface area contributed by atoms with Crippen LogP contribution in [0.4, 0.5) is 5.69 Å². The van der Waals surface area contributed by atoms with Gasteiger partial charge in [-0.2, -0.15) is 10.2 Å². The molecule has 0 saturated carbocycles. The topological polar surface area (TPSA) is 147 Å². The molecule has 12 heteroatoms. The fourth-order valence-corrected chi connectivity index (χ4v) is 3.35. The fraction of sp³-hybridized carbons (Fsp3) is 0.250. The molecule has 0 bridgehead atoms. The third kappa shape index (κ3) is 5.84. The summed E-state index contributed by atoms with van der Waals surface area (Å²) >= 11 is 0. The van der Waals surface area contributed by atoms with Crippen molar-refractivity contribution in [3.8, 4) is 17.2 Å². The lowest BCUT2D eigenvalue weighted by molar-refractivity contribution is -0.386. The van der Waals surface area contributed by atoms with Crippen LogP contribution in [0, 0.1) is 24.0 Å². The van der Waals surface area contributed by atoms with Gasteiger partial charge in [-0.05, 0) is 63.2 Å². The first kappa shape index (κ1) is 25.9. The Bertz CT molecular complexity index is 1330. The number of nitrogens with one attached hydrogen (secondary N) is 1. The molecule has 1 N–H and O–H groups in total. The number of esters is 1. The monoisotopic (exact) mass is 495 g/mol. The number of hydrazone groups is 1. The van der Waals surface area contributed by atoms with E-state index in [4.69, 9.17) is 14.2 Å². The number of carbonyl (C=O) groups excluding carboxylic acids is 2. The molecule has 0 aliphatic heterocycles. The summed E-state index contributed by atoms with van der Waals surface area (Å²) in [6.45, 7) is 4.47. The molecule has 0 radical (unpaired) electrons. The average Bonchev–Trinajstić information content (AvgIpc) is 3.15. The van der Waals surface area contributed by atoms with E-state index in [0.29, 0.717) is 28.3 Å². The Labute approximate surface area is 206 Å². The molecule has 36 heavy (non-hydrogen) atoms. The van der Waals surface area contributed by atoms with E-state index in [2.05, 4.69) is 15.6 Å². The molecule has 0 spiro atoms. The molecule has 0 unspecified atom stereocenters. The summed E-state index contributed by atoms with van der Waals surface area (Å²) in [7, 11) is 2.97. The molecule has 0 fully saturated rings. The number of methoxy groups -OCH3 is 2. The maximum absolute atomic E-state index is 12.5. The minimum absolute atomic E-state index is 0.123. The second-order valence-corrected chi connectivity index (χ2v) is 7.65. The number of benzene rings is 2. The van der Waals surface area contributed by atoms with Crippen LogP contribution < -0.4 is 19.6 Å². The molecule has 1 amide bonds. The Balaban J connectivity index is 1.68. The first-order valence-corrected chi connectivity index (χ1v) is 10.7. The first-order chi connectivity index (χ1) is 17.1. The normalized spacial score (nSPS) is 11.1. The van der Waals surface area contributed by atoms with Crippen molar-refractivity contribution < 1.29 is 28.7 Å². The molecule has 3 rings (SSSR count). The van der Waals surface area contributed by atoms with Gasteiger partial charge in [0.1, 0.15) is 23.7 Å². The average molecular weight is 495 g/mol. The van der Waals surface area contributed by atoms with Crippen LogP contribution in [-0.2, 0) is 11.3 Å². The zero-order chi connectivity index (χ0) is 26.4. The lowest BCUT2D eigenvalue weighted by atomic mass is 10.1. The zero-order valence-electron chi connectivity index (χ0n) is 20.4. The summed E-state index contributed by atoms with van der Waals surface area (Å²) in [5.41, 5.74) is 4.20. The molecule has 3 aromatic rings. The van der Waals surface area contributed by atoms with E-state index in [1.54, 1.807) is 49.4 Å². The third-order valence-electron chi connectivity index (χ3n) is 5.28. The second-order valence-electron chi connectivity index (χ2n) is 7.65. The molecule has 0 aliphatic rings. The van der Waals surface area contributed by atoms with E-state index in [9.17, 15) is 19.7 Å². The molecule has 1 heterocycles. The van der Waals surface area contributed by atoms with Gasteiger partial charge in [-0.25, -0.2) is 10.2 Å². The Morgan fingerprint density at radius 3 is 2.31 bits per heavy atom. The highest BCUT2D eigenvalue weighted by molar-refractivity contribution is 6.00. The van der Waals surface area contributed by atoms with Crippen LogP contribution in [0.25, 0.3) is 0 Å². The van der Waals surface area contributed by atoms with Crippen LogP contribution in [0.1, 0.15) is 34.2 Å². The maximum atomic E-state index is 12.5. The van der Waals surface area contributed by atoms with E-state index in [1.165, 1.54) is 32.7 Å². The quantitative estimate of drug-likeness (QED) is 0.156. The van der Waals surface area contributed by atoms with Crippen molar-refractivity contribution in [1.82, 2.24) is 15.2 Å². The zero-order valence-corrected chi connectivity index (χ0v) is 20.4. The highest BCUT2D eigenvalue weighted by Gasteiger charge is 2.22.